The van der Waals surface area contributed by atoms with Crippen LogP contribution in [0.3, 0.4) is 0 Å². The third-order valence-corrected chi connectivity index (χ3v) is 8.18. The Kier molecular flexibility index (Phi) is 6.36. The zero-order chi connectivity index (χ0) is 27.2. The Bertz CT molecular complexity index is 1590. The van der Waals surface area contributed by atoms with Gasteiger partial charge >= 0.3 is 0 Å². The minimum atomic E-state index is -0.328. The number of hydrogen-bond donors (Lipinski definition) is 1. The molecular weight excluding hydrogens is 511 g/mol. The Morgan fingerprint density at radius 3 is 2.95 bits per heavy atom. The minimum absolute atomic E-state index is 0.180. The summed E-state index contributed by atoms with van der Waals surface area (Å²) in [7, 11) is 1.88. The van der Waals surface area contributed by atoms with Crippen LogP contribution in [0.4, 0.5) is 10.1 Å². The molecule has 0 spiro atoms. The smallest absolute Gasteiger partial charge is 0.236 e. The van der Waals surface area contributed by atoms with E-state index in [4.69, 9.17) is 9.47 Å². The highest BCUT2D eigenvalue weighted by molar-refractivity contribution is 5.95. The van der Waals surface area contributed by atoms with Crippen LogP contribution in [0.15, 0.2) is 48.7 Å². The molecule has 0 radical (unpaired) electrons. The number of hydrogen-bond acceptors (Lipinski definition) is 7. The second kappa shape index (κ2) is 10.2. The summed E-state index contributed by atoms with van der Waals surface area (Å²) in [6.07, 6.45) is 2.39. The molecule has 1 amide bonds. The Morgan fingerprint density at radius 1 is 1.10 bits per heavy atom. The minimum Gasteiger partial charge on any atom is -0.491 e. The molecule has 3 aliphatic rings. The van der Waals surface area contributed by atoms with Gasteiger partial charge in [-0.3, -0.25) is 19.8 Å². The highest BCUT2D eigenvalue weighted by Crippen LogP contribution is 2.38. The maximum atomic E-state index is 15.1. The SMILES string of the molecule is CN1C[C@H]2CN(c3ccc4cc3OCCCOCc3cccc(F)c3-c3cc5c-4n[nH]c5cn3)CCN2CC1=O. The van der Waals surface area contributed by atoms with Crippen LogP contribution in [-0.4, -0.2) is 89.9 Å². The van der Waals surface area contributed by atoms with Gasteiger partial charge in [-0.2, -0.15) is 5.10 Å². The lowest BCUT2D eigenvalue weighted by molar-refractivity contribution is -0.137. The lowest BCUT2D eigenvalue weighted by Crippen LogP contribution is -2.63. The second-order valence-corrected chi connectivity index (χ2v) is 10.7. The first-order valence-corrected chi connectivity index (χ1v) is 13.7. The zero-order valence-electron chi connectivity index (χ0n) is 22.4. The highest BCUT2D eigenvalue weighted by atomic mass is 19.1. The molecule has 4 bridgehead atoms. The molecule has 0 saturated carbocycles. The molecule has 1 atom stereocenters. The largest absolute Gasteiger partial charge is 0.491 e. The molecule has 3 aliphatic heterocycles. The third-order valence-electron chi connectivity index (χ3n) is 8.18. The van der Waals surface area contributed by atoms with Crippen molar-refractivity contribution in [2.45, 2.75) is 19.1 Å². The average Bonchev–Trinajstić information content (AvgIpc) is 3.38. The van der Waals surface area contributed by atoms with Crippen LogP contribution in [-0.2, 0) is 16.1 Å². The normalized spacial score (nSPS) is 20.1. The number of halogens is 1. The number of aromatic nitrogens is 3. The van der Waals surface area contributed by atoms with Gasteiger partial charge in [-0.15, -0.1) is 0 Å². The van der Waals surface area contributed by atoms with Crippen molar-refractivity contribution in [2.24, 2.45) is 0 Å². The molecule has 5 heterocycles. The van der Waals surface area contributed by atoms with Crippen molar-refractivity contribution >= 4 is 22.5 Å². The van der Waals surface area contributed by atoms with E-state index in [-0.39, 0.29) is 24.4 Å². The van der Waals surface area contributed by atoms with Gasteiger partial charge in [0.2, 0.25) is 5.91 Å². The predicted octanol–water partition coefficient (Wildman–Crippen LogP) is 3.69. The first-order chi connectivity index (χ1) is 19.5. The standard InChI is InChI=1S/C30H31FN6O3/c1-35-15-21-16-37(9-8-36(21)17-28(35)38)26-7-6-19-12-27(26)40-11-3-10-39-18-20-4-2-5-23(31)29(20)24-13-22-25(14-32-24)33-34-30(19)22/h2,4-7,12-14,21H,3,8-11,15-18H2,1H3,(H,33,34)/t21-/m0/s1. The fourth-order valence-electron chi connectivity index (χ4n) is 6.02. The fourth-order valence-corrected chi connectivity index (χ4v) is 6.02. The van der Waals surface area contributed by atoms with Gasteiger partial charge in [-0.25, -0.2) is 4.39 Å². The fraction of sp³-hybridized carbons (Fsp3) is 0.367. The molecule has 1 N–H and O–H groups in total. The highest BCUT2D eigenvalue weighted by Gasteiger charge is 2.35. The molecule has 9 nitrogen and oxygen atoms in total. The monoisotopic (exact) mass is 542 g/mol. The first-order valence-electron chi connectivity index (χ1n) is 13.7. The molecule has 10 heteroatoms. The lowest BCUT2D eigenvalue weighted by Gasteiger charge is -2.46. The van der Waals surface area contributed by atoms with Crippen molar-refractivity contribution in [1.29, 1.82) is 0 Å². The van der Waals surface area contributed by atoms with E-state index >= 15 is 4.39 Å². The van der Waals surface area contributed by atoms with Crippen molar-refractivity contribution in [2.75, 3.05) is 57.9 Å². The number of ether oxygens (including phenoxy) is 2. The number of pyridine rings is 1. The lowest BCUT2D eigenvalue weighted by atomic mass is 10.0. The quantitative estimate of drug-likeness (QED) is 0.393. The molecule has 7 rings (SSSR count). The molecule has 40 heavy (non-hydrogen) atoms. The summed E-state index contributed by atoms with van der Waals surface area (Å²) in [4.78, 5) is 23.2. The molecule has 2 saturated heterocycles. The number of fused-ring (bicyclic) bond motifs is 7. The van der Waals surface area contributed by atoms with E-state index in [1.54, 1.807) is 12.3 Å². The van der Waals surface area contributed by atoms with Crippen LogP contribution in [0.2, 0.25) is 0 Å². The topological polar surface area (TPSA) is 86.8 Å². The number of carbonyl (C=O) groups excluding carboxylic acids is 1. The van der Waals surface area contributed by atoms with Gasteiger partial charge in [0.1, 0.15) is 17.3 Å². The summed E-state index contributed by atoms with van der Waals surface area (Å²) in [6.45, 7) is 4.92. The van der Waals surface area contributed by atoms with E-state index in [1.165, 1.54) is 6.07 Å². The van der Waals surface area contributed by atoms with E-state index in [0.29, 0.717) is 37.4 Å². The van der Waals surface area contributed by atoms with Crippen molar-refractivity contribution in [3.8, 4) is 28.3 Å². The van der Waals surface area contributed by atoms with Gasteiger partial charge in [-0.05, 0) is 29.8 Å². The third kappa shape index (κ3) is 4.47. The van der Waals surface area contributed by atoms with Crippen molar-refractivity contribution < 1.29 is 18.7 Å². The number of carbonyl (C=O) groups is 1. The van der Waals surface area contributed by atoms with Gasteiger partial charge in [0.05, 0.1) is 49.5 Å². The molecule has 4 aromatic rings. The maximum Gasteiger partial charge on any atom is 0.236 e. The number of H-pyrrole nitrogens is 1. The Hall–Kier alpha value is -4.02. The number of nitrogens with zero attached hydrogens (tertiary/aromatic N) is 5. The summed E-state index contributed by atoms with van der Waals surface area (Å²) < 4.78 is 27.4. The molecule has 2 fully saturated rings. The van der Waals surface area contributed by atoms with Crippen LogP contribution in [0.1, 0.15) is 12.0 Å². The summed E-state index contributed by atoms with van der Waals surface area (Å²) in [5, 5.41) is 8.55. The van der Waals surface area contributed by atoms with Crippen LogP contribution in [0.25, 0.3) is 33.4 Å². The van der Waals surface area contributed by atoms with E-state index in [0.717, 1.165) is 65.3 Å². The van der Waals surface area contributed by atoms with Gasteiger partial charge < -0.3 is 19.3 Å². The van der Waals surface area contributed by atoms with E-state index in [1.807, 2.05) is 30.1 Å². The summed E-state index contributed by atoms with van der Waals surface area (Å²) in [5.41, 5.74) is 5.22. The van der Waals surface area contributed by atoms with Crippen LogP contribution >= 0.6 is 0 Å². The van der Waals surface area contributed by atoms with Crippen LogP contribution < -0.4 is 9.64 Å². The van der Waals surface area contributed by atoms with Crippen molar-refractivity contribution in [3.05, 3.63) is 60.0 Å². The predicted molar refractivity (Wildman–Crippen MR) is 150 cm³/mol. The first kappa shape index (κ1) is 25.0. The molecule has 0 unspecified atom stereocenters. The van der Waals surface area contributed by atoms with Crippen LogP contribution in [0, 0.1) is 5.82 Å². The number of piperazine rings is 2. The molecular formula is C30H31FN6O3. The second-order valence-electron chi connectivity index (χ2n) is 10.7. The molecule has 2 aromatic carbocycles. The van der Waals surface area contributed by atoms with E-state index < -0.39 is 0 Å². The number of rotatable bonds is 1. The number of amides is 1. The van der Waals surface area contributed by atoms with Gasteiger partial charge in [0.25, 0.3) is 0 Å². The van der Waals surface area contributed by atoms with Gasteiger partial charge in [0.15, 0.2) is 0 Å². The maximum absolute atomic E-state index is 15.1. The number of likely N-dealkylation sites (N-methyl/N-ethyl adjacent to an activating group) is 1. The van der Waals surface area contributed by atoms with E-state index in [9.17, 15) is 4.79 Å². The Balaban J connectivity index is 1.28. The number of anilines is 1. The van der Waals surface area contributed by atoms with Crippen LogP contribution in [0.5, 0.6) is 5.75 Å². The van der Waals surface area contributed by atoms with Gasteiger partial charge in [0, 0.05) is 62.2 Å². The molecule has 0 aliphatic carbocycles. The molecule has 2 aromatic heterocycles. The summed E-state index contributed by atoms with van der Waals surface area (Å²) in [5.74, 6) is 0.645. The average molecular weight is 543 g/mol. The van der Waals surface area contributed by atoms with Gasteiger partial charge in [-0.1, -0.05) is 18.2 Å². The molecule has 206 valence electrons. The number of nitrogens with one attached hydrogen (secondary N) is 1. The number of benzene rings is 2. The van der Waals surface area contributed by atoms with Crippen molar-refractivity contribution in [1.82, 2.24) is 25.0 Å². The summed E-state index contributed by atoms with van der Waals surface area (Å²) >= 11 is 0. The van der Waals surface area contributed by atoms with Crippen molar-refractivity contribution in [3.63, 3.8) is 0 Å². The van der Waals surface area contributed by atoms with E-state index in [2.05, 4.69) is 37.1 Å². The Morgan fingerprint density at radius 2 is 2.02 bits per heavy atom. The summed E-state index contributed by atoms with van der Waals surface area (Å²) in [6, 6.07) is 13.4. The zero-order valence-corrected chi connectivity index (χ0v) is 22.4. The Labute approximate surface area is 231 Å². The number of aromatic amines is 1.